The van der Waals surface area contributed by atoms with Crippen LogP contribution in [0.3, 0.4) is 0 Å². The molecule has 5 atom stereocenters. The summed E-state index contributed by atoms with van der Waals surface area (Å²) in [4.78, 5) is 13.8. The van der Waals surface area contributed by atoms with E-state index in [9.17, 15) is 9.90 Å². The molecule has 8 nitrogen and oxygen atoms in total. The number of hydrogen-bond acceptors (Lipinski definition) is 5. The van der Waals surface area contributed by atoms with Gasteiger partial charge >= 0.3 is 0 Å². The standard InChI is InChI=1S/C16H22N4O4/c1-4-13-9(2)15(22)14(19-20-17)16(24-13)23-12-7-5-11(6-8-12)18-10(3)21/h5-9,13-16,22H,4H2,1-3H3,(H,18,21)/t9-,13-,14-,15+,16+/m1/s1. The van der Waals surface area contributed by atoms with Crippen LogP contribution in [0.4, 0.5) is 5.69 Å². The SMILES string of the molecule is CC[C@H]1O[C@H](Oc2ccc(NC(C)=O)cc2)[C@H](N=[N+]=[N-])[C@@H](O)[C@@H]1C. The van der Waals surface area contributed by atoms with Crippen LogP contribution >= 0.6 is 0 Å². The van der Waals surface area contributed by atoms with E-state index in [1.54, 1.807) is 24.3 Å². The highest BCUT2D eigenvalue weighted by atomic mass is 16.7. The van der Waals surface area contributed by atoms with Crippen molar-refractivity contribution in [3.63, 3.8) is 0 Å². The molecule has 8 heteroatoms. The Morgan fingerprint density at radius 1 is 1.46 bits per heavy atom. The lowest BCUT2D eigenvalue weighted by molar-refractivity contribution is -0.210. The Bertz CT molecular complexity index is 615. The molecule has 0 aromatic heterocycles. The first-order chi connectivity index (χ1) is 11.5. The maximum absolute atomic E-state index is 11.0. The van der Waals surface area contributed by atoms with Gasteiger partial charge in [0.2, 0.25) is 12.2 Å². The topological polar surface area (TPSA) is 117 Å². The van der Waals surface area contributed by atoms with Gasteiger partial charge in [-0.3, -0.25) is 4.79 Å². The van der Waals surface area contributed by atoms with E-state index < -0.39 is 18.4 Å². The molecule has 1 aliphatic rings. The van der Waals surface area contributed by atoms with Gasteiger partial charge in [0.05, 0.1) is 12.2 Å². The first-order valence-electron chi connectivity index (χ1n) is 7.88. The highest BCUT2D eigenvalue weighted by Crippen LogP contribution is 2.31. The van der Waals surface area contributed by atoms with Gasteiger partial charge in [-0.2, -0.15) is 0 Å². The zero-order chi connectivity index (χ0) is 17.7. The van der Waals surface area contributed by atoms with E-state index in [-0.39, 0.29) is 17.9 Å². The number of aliphatic hydroxyl groups excluding tert-OH is 1. The average molecular weight is 334 g/mol. The van der Waals surface area contributed by atoms with E-state index in [2.05, 4.69) is 15.3 Å². The molecule has 130 valence electrons. The number of anilines is 1. The molecular formula is C16H22N4O4. The van der Waals surface area contributed by atoms with Gasteiger partial charge in [0.25, 0.3) is 0 Å². The number of amides is 1. The van der Waals surface area contributed by atoms with Crippen molar-refractivity contribution in [2.75, 3.05) is 5.32 Å². The molecule has 2 rings (SSSR count). The summed E-state index contributed by atoms with van der Waals surface area (Å²) in [5.41, 5.74) is 9.39. The molecule has 0 unspecified atom stereocenters. The molecule has 0 radical (unpaired) electrons. The molecule has 1 amide bonds. The molecule has 0 spiro atoms. The third-order valence-electron chi connectivity index (χ3n) is 4.08. The van der Waals surface area contributed by atoms with E-state index >= 15 is 0 Å². The van der Waals surface area contributed by atoms with Crippen LogP contribution in [0.2, 0.25) is 0 Å². The summed E-state index contributed by atoms with van der Waals surface area (Å²) >= 11 is 0. The molecule has 0 bridgehead atoms. The van der Waals surface area contributed by atoms with Crippen molar-refractivity contribution in [3.8, 4) is 5.75 Å². The fourth-order valence-electron chi connectivity index (χ4n) is 2.77. The van der Waals surface area contributed by atoms with Crippen LogP contribution in [0, 0.1) is 5.92 Å². The smallest absolute Gasteiger partial charge is 0.221 e. The summed E-state index contributed by atoms with van der Waals surface area (Å²) in [6.07, 6.45) is -1.19. The molecule has 1 aromatic rings. The summed E-state index contributed by atoms with van der Waals surface area (Å²) in [6.45, 7) is 5.25. The molecule has 0 aliphatic carbocycles. The number of carbonyl (C=O) groups excluding carboxylic acids is 1. The number of aliphatic hydroxyl groups is 1. The summed E-state index contributed by atoms with van der Waals surface area (Å²) in [7, 11) is 0. The van der Waals surface area contributed by atoms with Crippen LogP contribution < -0.4 is 10.1 Å². The summed E-state index contributed by atoms with van der Waals surface area (Å²) in [6, 6.07) is 5.90. The Hall–Kier alpha value is -2.28. The van der Waals surface area contributed by atoms with Crippen molar-refractivity contribution >= 4 is 11.6 Å². The first kappa shape index (κ1) is 18.1. The van der Waals surface area contributed by atoms with Gasteiger partial charge in [-0.1, -0.05) is 19.0 Å². The van der Waals surface area contributed by atoms with Gasteiger partial charge < -0.3 is 19.9 Å². The van der Waals surface area contributed by atoms with Gasteiger partial charge in [0.1, 0.15) is 11.8 Å². The molecular weight excluding hydrogens is 312 g/mol. The van der Waals surface area contributed by atoms with Crippen LogP contribution in [0.25, 0.3) is 10.4 Å². The van der Waals surface area contributed by atoms with Crippen molar-refractivity contribution < 1.29 is 19.4 Å². The molecule has 2 N–H and O–H groups in total. The van der Waals surface area contributed by atoms with Crippen molar-refractivity contribution in [1.82, 2.24) is 0 Å². The Balaban J connectivity index is 2.15. The fraction of sp³-hybridized carbons (Fsp3) is 0.562. The van der Waals surface area contributed by atoms with Gasteiger partial charge in [-0.25, -0.2) is 0 Å². The van der Waals surface area contributed by atoms with Crippen molar-refractivity contribution in [3.05, 3.63) is 34.7 Å². The van der Waals surface area contributed by atoms with Crippen LogP contribution in [0.1, 0.15) is 27.2 Å². The number of benzene rings is 1. The number of carbonyl (C=O) groups is 1. The molecule has 0 saturated carbocycles. The quantitative estimate of drug-likeness (QED) is 0.489. The van der Waals surface area contributed by atoms with Crippen molar-refractivity contribution in [2.45, 2.75) is 51.7 Å². The monoisotopic (exact) mass is 334 g/mol. The van der Waals surface area contributed by atoms with Crippen LogP contribution in [-0.2, 0) is 9.53 Å². The van der Waals surface area contributed by atoms with E-state index in [1.807, 2.05) is 13.8 Å². The first-order valence-corrected chi connectivity index (χ1v) is 7.88. The number of nitrogens with zero attached hydrogens (tertiary/aromatic N) is 3. The predicted octanol–water partition coefficient (Wildman–Crippen LogP) is 2.83. The summed E-state index contributed by atoms with van der Waals surface area (Å²) in [5.74, 6) is 0.168. The third kappa shape index (κ3) is 4.17. The molecule has 24 heavy (non-hydrogen) atoms. The fourth-order valence-corrected chi connectivity index (χ4v) is 2.77. The number of ether oxygens (including phenoxy) is 2. The predicted molar refractivity (Wildman–Crippen MR) is 88.4 cm³/mol. The Morgan fingerprint density at radius 3 is 2.67 bits per heavy atom. The highest BCUT2D eigenvalue weighted by molar-refractivity contribution is 5.88. The minimum Gasteiger partial charge on any atom is -0.464 e. The zero-order valence-electron chi connectivity index (χ0n) is 13.9. The van der Waals surface area contributed by atoms with Gasteiger partial charge in [0, 0.05) is 23.4 Å². The molecule has 1 aliphatic heterocycles. The van der Waals surface area contributed by atoms with E-state index in [4.69, 9.17) is 15.0 Å². The third-order valence-corrected chi connectivity index (χ3v) is 4.08. The van der Waals surface area contributed by atoms with E-state index in [0.717, 1.165) is 0 Å². The van der Waals surface area contributed by atoms with E-state index in [1.165, 1.54) is 6.92 Å². The van der Waals surface area contributed by atoms with Crippen molar-refractivity contribution in [1.29, 1.82) is 0 Å². The number of azide groups is 1. The molecule has 1 heterocycles. The number of hydrogen-bond donors (Lipinski definition) is 2. The summed E-state index contributed by atoms with van der Waals surface area (Å²) in [5, 5.41) is 16.7. The van der Waals surface area contributed by atoms with E-state index in [0.29, 0.717) is 17.9 Å². The second-order valence-electron chi connectivity index (χ2n) is 5.82. The number of nitrogens with one attached hydrogen (secondary N) is 1. The Labute approximate surface area is 140 Å². The lowest BCUT2D eigenvalue weighted by Crippen LogP contribution is -2.54. The minimum absolute atomic E-state index is 0.160. The second-order valence-corrected chi connectivity index (χ2v) is 5.82. The van der Waals surface area contributed by atoms with Crippen LogP contribution in [-0.4, -0.2) is 35.6 Å². The largest absolute Gasteiger partial charge is 0.464 e. The molecule has 1 fully saturated rings. The number of rotatable bonds is 5. The van der Waals surface area contributed by atoms with Crippen LogP contribution in [0.5, 0.6) is 5.75 Å². The molecule has 1 aromatic carbocycles. The zero-order valence-corrected chi connectivity index (χ0v) is 13.9. The van der Waals surface area contributed by atoms with Crippen molar-refractivity contribution in [2.24, 2.45) is 11.0 Å². The minimum atomic E-state index is -0.872. The summed E-state index contributed by atoms with van der Waals surface area (Å²) < 4.78 is 11.6. The highest BCUT2D eigenvalue weighted by Gasteiger charge is 2.43. The molecule has 1 saturated heterocycles. The maximum Gasteiger partial charge on any atom is 0.221 e. The lowest BCUT2D eigenvalue weighted by atomic mass is 9.88. The average Bonchev–Trinajstić information content (AvgIpc) is 2.55. The van der Waals surface area contributed by atoms with Gasteiger partial charge in [-0.05, 0) is 36.2 Å². The van der Waals surface area contributed by atoms with Crippen LogP contribution in [0.15, 0.2) is 29.4 Å². The second kappa shape index (κ2) is 8.01. The maximum atomic E-state index is 11.0. The Morgan fingerprint density at radius 2 is 2.12 bits per heavy atom. The Kier molecular flexibility index (Phi) is 6.03. The van der Waals surface area contributed by atoms with Gasteiger partial charge in [0.15, 0.2) is 0 Å². The lowest BCUT2D eigenvalue weighted by Gasteiger charge is -2.41. The van der Waals surface area contributed by atoms with Gasteiger partial charge in [-0.15, -0.1) is 0 Å². The normalized spacial score (nSPS) is 29.4.